The Kier molecular flexibility index (Phi) is 4.86. The molecule has 0 saturated carbocycles. The van der Waals surface area contributed by atoms with Gasteiger partial charge < -0.3 is 10.5 Å². The summed E-state index contributed by atoms with van der Waals surface area (Å²) < 4.78 is 18.7. The minimum atomic E-state index is -0.450. The molecule has 1 atom stereocenters. The highest BCUT2D eigenvalue weighted by atomic mass is 35.5. The summed E-state index contributed by atoms with van der Waals surface area (Å²) in [7, 11) is 1.56. The molecule has 2 aromatic carbocycles. The van der Waals surface area contributed by atoms with Crippen molar-refractivity contribution in [2.75, 3.05) is 7.11 Å². The number of ether oxygens (including phenoxy) is 1. The molecule has 0 bridgehead atoms. The normalized spacial score (nSPS) is 12.2. The summed E-state index contributed by atoms with van der Waals surface area (Å²) in [6.45, 7) is 0. The quantitative estimate of drug-likeness (QED) is 0.909. The molecule has 20 heavy (non-hydrogen) atoms. The van der Waals surface area contributed by atoms with E-state index >= 15 is 0 Å². The van der Waals surface area contributed by atoms with Gasteiger partial charge in [-0.2, -0.15) is 0 Å². The van der Waals surface area contributed by atoms with Crippen molar-refractivity contribution in [3.63, 3.8) is 0 Å². The topological polar surface area (TPSA) is 35.2 Å². The molecule has 0 aliphatic carbocycles. The molecule has 0 amide bonds. The molecule has 0 aliphatic heterocycles. The Labute approximate surface area is 127 Å². The van der Waals surface area contributed by atoms with Gasteiger partial charge in [-0.1, -0.05) is 35.3 Å². The highest BCUT2D eigenvalue weighted by molar-refractivity contribution is 6.31. The van der Waals surface area contributed by atoms with Crippen LogP contribution in [0.15, 0.2) is 36.4 Å². The van der Waals surface area contributed by atoms with Crippen LogP contribution in [-0.2, 0) is 6.42 Å². The van der Waals surface area contributed by atoms with Crippen LogP contribution in [0.4, 0.5) is 4.39 Å². The van der Waals surface area contributed by atoms with Crippen LogP contribution in [0.2, 0.25) is 10.0 Å². The molecule has 0 aliphatic rings. The van der Waals surface area contributed by atoms with Gasteiger partial charge in [0.05, 0.1) is 12.1 Å². The monoisotopic (exact) mass is 313 g/mol. The molecular weight excluding hydrogens is 300 g/mol. The summed E-state index contributed by atoms with van der Waals surface area (Å²) in [4.78, 5) is 0. The van der Waals surface area contributed by atoms with Crippen LogP contribution in [0, 0.1) is 5.82 Å². The lowest BCUT2D eigenvalue weighted by atomic mass is 9.98. The number of benzene rings is 2. The Bertz CT molecular complexity index is 619. The summed E-state index contributed by atoms with van der Waals surface area (Å²) in [5.41, 5.74) is 7.59. The van der Waals surface area contributed by atoms with Crippen LogP contribution in [0.3, 0.4) is 0 Å². The third-order valence-corrected chi connectivity index (χ3v) is 3.72. The number of hydrogen-bond acceptors (Lipinski definition) is 2. The first-order chi connectivity index (χ1) is 9.52. The molecule has 2 N–H and O–H groups in total. The Morgan fingerprint density at radius 1 is 1.25 bits per heavy atom. The van der Waals surface area contributed by atoms with Gasteiger partial charge in [0.25, 0.3) is 0 Å². The van der Waals surface area contributed by atoms with E-state index in [9.17, 15) is 4.39 Å². The van der Waals surface area contributed by atoms with Gasteiger partial charge in [-0.15, -0.1) is 0 Å². The Morgan fingerprint density at radius 3 is 2.70 bits per heavy atom. The maximum atomic E-state index is 13.4. The predicted molar refractivity (Wildman–Crippen MR) is 80.0 cm³/mol. The average Bonchev–Trinajstić information content (AvgIpc) is 2.43. The zero-order valence-electron chi connectivity index (χ0n) is 10.9. The number of rotatable bonds is 4. The lowest BCUT2D eigenvalue weighted by Crippen LogP contribution is -2.15. The van der Waals surface area contributed by atoms with E-state index in [1.165, 1.54) is 6.07 Å². The second-order valence-electron chi connectivity index (χ2n) is 4.41. The highest BCUT2D eigenvalue weighted by Crippen LogP contribution is 2.31. The van der Waals surface area contributed by atoms with Gasteiger partial charge in [-0.3, -0.25) is 0 Å². The molecular formula is C15H14Cl2FNO. The minimum Gasteiger partial charge on any atom is -0.496 e. The van der Waals surface area contributed by atoms with Gasteiger partial charge in [0, 0.05) is 16.6 Å². The van der Waals surface area contributed by atoms with Crippen molar-refractivity contribution in [2.45, 2.75) is 12.5 Å². The largest absolute Gasteiger partial charge is 0.496 e. The summed E-state index contributed by atoms with van der Waals surface area (Å²) in [6, 6.07) is 9.52. The molecule has 0 saturated heterocycles. The van der Waals surface area contributed by atoms with Crippen molar-refractivity contribution in [1.82, 2.24) is 0 Å². The van der Waals surface area contributed by atoms with E-state index in [-0.39, 0.29) is 11.1 Å². The number of nitrogens with two attached hydrogens (primary N) is 1. The molecule has 2 rings (SSSR count). The van der Waals surface area contributed by atoms with Crippen molar-refractivity contribution in [3.8, 4) is 5.75 Å². The fourth-order valence-electron chi connectivity index (χ4n) is 2.05. The zero-order valence-corrected chi connectivity index (χ0v) is 12.4. The van der Waals surface area contributed by atoms with Crippen LogP contribution in [0.5, 0.6) is 5.75 Å². The van der Waals surface area contributed by atoms with E-state index in [1.54, 1.807) is 37.4 Å². The Morgan fingerprint density at radius 2 is 2.00 bits per heavy atom. The predicted octanol–water partition coefficient (Wildman–Crippen LogP) is 4.38. The number of hydrogen-bond donors (Lipinski definition) is 1. The van der Waals surface area contributed by atoms with Gasteiger partial charge in [0.1, 0.15) is 11.6 Å². The molecule has 2 aromatic rings. The molecule has 2 nitrogen and oxygen atoms in total. The zero-order chi connectivity index (χ0) is 14.7. The smallest absolute Gasteiger partial charge is 0.142 e. The molecule has 0 radical (unpaired) electrons. The number of methoxy groups -OCH3 is 1. The van der Waals surface area contributed by atoms with Crippen LogP contribution in [0.1, 0.15) is 17.2 Å². The van der Waals surface area contributed by atoms with Crippen LogP contribution in [-0.4, -0.2) is 7.11 Å². The Hall–Kier alpha value is -1.29. The summed E-state index contributed by atoms with van der Waals surface area (Å²) in [5, 5.41) is 0.672. The van der Waals surface area contributed by atoms with E-state index in [0.717, 1.165) is 5.56 Å². The van der Waals surface area contributed by atoms with E-state index in [2.05, 4.69) is 0 Å². The van der Waals surface area contributed by atoms with Crippen LogP contribution in [0.25, 0.3) is 0 Å². The maximum Gasteiger partial charge on any atom is 0.142 e. The average molecular weight is 314 g/mol. The summed E-state index contributed by atoms with van der Waals surface area (Å²) in [6.07, 6.45) is 0.396. The van der Waals surface area contributed by atoms with E-state index < -0.39 is 5.82 Å². The van der Waals surface area contributed by atoms with E-state index in [4.69, 9.17) is 33.7 Å². The van der Waals surface area contributed by atoms with Crippen LogP contribution < -0.4 is 10.5 Å². The first-order valence-electron chi connectivity index (χ1n) is 6.05. The third kappa shape index (κ3) is 3.23. The molecule has 1 unspecified atom stereocenters. The molecule has 0 aromatic heterocycles. The lowest BCUT2D eigenvalue weighted by molar-refractivity contribution is 0.405. The lowest BCUT2D eigenvalue weighted by Gasteiger charge is -2.17. The summed E-state index contributed by atoms with van der Waals surface area (Å²) >= 11 is 11.9. The molecule has 106 valence electrons. The SMILES string of the molecule is COc1ccc(Cl)cc1C(N)Cc1cccc(F)c1Cl. The van der Waals surface area contributed by atoms with Crippen molar-refractivity contribution >= 4 is 23.2 Å². The fourth-order valence-corrected chi connectivity index (χ4v) is 2.43. The van der Waals surface area contributed by atoms with Crippen molar-refractivity contribution in [2.24, 2.45) is 5.73 Å². The highest BCUT2D eigenvalue weighted by Gasteiger charge is 2.16. The second kappa shape index (κ2) is 6.44. The van der Waals surface area contributed by atoms with Crippen LogP contribution >= 0.6 is 23.2 Å². The number of halogens is 3. The van der Waals surface area contributed by atoms with E-state index in [1.807, 2.05) is 0 Å². The molecule has 0 spiro atoms. The fraction of sp³-hybridized carbons (Fsp3) is 0.200. The van der Waals surface area contributed by atoms with Crippen molar-refractivity contribution < 1.29 is 9.13 Å². The minimum absolute atomic E-state index is 0.101. The van der Waals surface area contributed by atoms with Gasteiger partial charge in [-0.25, -0.2) is 4.39 Å². The van der Waals surface area contributed by atoms with Gasteiger partial charge in [0.2, 0.25) is 0 Å². The maximum absolute atomic E-state index is 13.4. The first-order valence-corrected chi connectivity index (χ1v) is 6.80. The second-order valence-corrected chi connectivity index (χ2v) is 5.22. The molecule has 0 fully saturated rings. The Balaban J connectivity index is 2.30. The summed E-state index contributed by atoms with van der Waals surface area (Å²) in [5.74, 6) is 0.198. The van der Waals surface area contributed by atoms with Gasteiger partial charge in [0.15, 0.2) is 0 Å². The van der Waals surface area contributed by atoms with Crippen molar-refractivity contribution in [3.05, 3.63) is 63.4 Å². The van der Waals surface area contributed by atoms with Gasteiger partial charge >= 0.3 is 0 Å². The standard InChI is InChI=1S/C15H14Cl2FNO/c1-20-14-6-5-10(16)8-11(14)13(19)7-9-3-2-4-12(18)15(9)17/h2-6,8,13H,7,19H2,1H3. The van der Waals surface area contributed by atoms with Crippen molar-refractivity contribution in [1.29, 1.82) is 0 Å². The third-order valence-electron chi connectivity index (χ3n) is 3.06. The molecule has 0 heterocycles. The first kappa shape index (κ1) is 15.1. The van der Waals surface area contributed by atoms with Gasteiger partial charge in [-0.05, 0) is 36.2 Å². The van der Waals surface area contributed by atoms with E-state index in [0.29, 0.717) is 22.8 Å². The molecule has 5 heteroatoms.